The lowest BCUT2D eigenvalue weighted by Crippen LogP contribution is -2.36. The molecular weight excluding hydrogens is 346 g/mol. The van der Waals surface area contributed by atoms with Crippen LogP contribution in [0, 0.1) is 0 Å². The van der Waals surface area contributed by atoms with Crippen molar-refractivity contribution in [1.29, 1.82) is 0 Å². The van der Waals surface area contributed by atoms with Crippen LogP contribution in [0.25, 0.3) is 0 Å². The zero-order chi connectivity index (χ0) is 19.8. The van der Waals surface area contributed by atoms with Gasteiger partial charge < -0.3 is 5.32 Å². The van der Waals surface area contributed by atoms with Gasteiger partial charge in [-0.05, 0) is 50.0 Å². The minimum atomic E-state index is 0.0599. The van der Waals surface area contributed by atoms with Gasteiger partial charge >= 0.3 is 0 Å². The number of rotatable bonds is 8. The van der Waals surface area contributed by atoms with E-state index in [9.17, 15) is 4.79 Å². The summed E-state index contributed by atoms with van der Waals surface area (Å²) in [6, 6.07) is 19.6. The van der Waals surface area contributed by atoms with Crippen molar-refractivity contribution in [2.75, 3.05) is 20.1 Å². The Hall–Kier alpha value is -2.17. The summed E-state index contributed by atoms with van der Waals surface area (Å²) < 4.78 is 0. The van der Waals surface area contributed by atoms with Crippen LogP contribution in [0.2, 0.25) is 0 Å². The molecule has 1 atom stereocenters. The Bertz CT molecular complexity index is 729. The number of nitrogens with zero attached hydrogens (tertiary/aromatic N) is 2. The zero-order valence-electron chi connectivity index (χ0n) is 17.2. The molecule has 2 aromatic carbocycles. The fourth-order valence-corrected chi connectivity index (χ4v) is 3.84. The third kappa shape index (κ3) is 6.47. The highest BCUT2D eigenvalue weighted by molar-refractivity contribution is 5.77. The van der Waals surface area contributed by atoms with E-state index in [0.29, 0.717) is 19.1 Å². The summed E-state index contributed by atoms with van der Waals surface area (Å²) in [5, 5.41) is 3.03. The number of benzene rings is 2. The highest BCUT2D eigenvalue weighted by Crippen LogP contribution is 2.19. The molecule has 1 fully saturated rings. The average Bonchev–Trinajstić information content (AvgIpc) is 2.70. The number of carbonyl (C=O) groups is 1. The fraction of sp³-hybridized carbons (Fsp3) is 0.458. The molecule has 1 heterocycles. The van der Waals surface area contributed by atoms with Gasteiger partial charge in [0.05, 0.1) is 6.54 Å². The summed E-state index contributed by atoms with van der Waals surface area (Å²) >= 11 is 0. The molecule has 28 heavy (non-hydrogen) atoms. The van der Waals surface area contributed by atoms with E-state index in [1.807, 2.05) is 30.1 Å². The average molecular weight is 380 g/mol. The van der Waals surface area contributed by atoms with Crippen molar-refractivity contribution in [1.82, 2.24) is 15.1 Å². The molecule has 3 rings (SSSR count). The maximum atomic E-state index is 12.2. The van der Waals surface area contributed by atoms with Crippen molar-refractivity contribution in [3.05, 3.63) is 71.3 Å². The van der Waals surface area contributed by atoms with Crippen LogP contribution in [0.5, 0.6) is 0 Å². The molecule has 0 radical (unpaired) electrons. The predicted molar refractivity (Wildman–Crippen MR) is 115 cm³/mol. The molecule has 0 aromatic heterocycles. The number of likely N-dealkylation sites (N-methyl/N-ethyl adjacent to an activating group) is 1. The molecule has 0 spiro atoms. The van der Waals surface area contributed by atoms with E-state index >= 15 is 0 Å². The molecule has 1 aliphatic rings. The third-order valence-electron chi connectivity index (χ3n) is 5.55. The van der Waals surface area contributed by atoms with Crippen LogP contribution >= 0.6 is 0 Å². The predicted octanol–water partition coefficient (Wildman–Crippen LogP) is 3.81. The van der Waals surface area contributed by atoms with Crippen LogP contribution in [0.3, 0.4) is 0 Å². The fourth-order valence-electron chi connectivity index (χ4n) is 3.84. The zero-order valence-corrected chi connectivity index (χ0v) is 17.2. The highest BCUT2D eigenvalue weighted by atomic mass is 16.2. The molecule has 0 bridgehead atoms. The summed E-state index contributed by atoms with van der Waals surface area (Å²) in [5.74, 6) is 0.0599. The summed E-state index contributed by atoms with van der Waals surface area (Å²) in [6.07, 6.45) is 3.98. The Morgan fingerprint density at radius 3 is 2.46 bits per heavy atom. The molecule has 1 saturated heterocycles. The Kier molecular flexibility index (Phi) is 7.63. The number of hydrogen-bond donors (Lipinski definition) is 1. The van der Waals surface area contributed by atoms with Crippen LogP contribution in [-0.4, -0.2) is 41.9 Å². The maximum Gasteiger partial charge on any atom is 0.234 e. The number of likely N-dealkylation sites (tertiary alicyclic amines) is 1. The largest absolute Gasteiger partial charge is 0.351 e. The summed E-state index contributed by atoms with van der Waals surface area (Å²) in [6.45, 7) is 6.32. The number of hydrogen-bond acceptors (Lipinski definition) is 3. The van der Waals surface area contributed by atoms with E-state index in [-0.39, 0.29) is 5.91 Å². The highest BCUT2D eigenvalue weighted by Gasteiger charge is 2.17. The summed E-state index contributed by atoms with van der Waals surface area (Å²) in [4.78, 5) is 16.8. The Morgan fingerprint density at radius 1 is 1.04 bits per heavy atom. The van der Waals surface area contributed by atoms with Crippen molar-refractivity contribution in [2.24, 2.45) is 0 Å². The molecule has 0 aliphatic carbocycles. The van der Waals surface area contributed by atoms with Gasteiger partial charge in [-0.25, -0.2) is 0 Å². The van der Waals surface area contributed by atoms with Crippen molar-refractivity contribution in [2.45, 2.75) is 51.9 Å². The van der Waals surface area contributed by atoms with E-state index in [1.165, 1.54) is 36.9 Å². The van der Waals surface area contributed by atoms with Crippen LogP contribution in [0.4, 0.5) is 0 Å². The van der Waals surface area contributed by atoms with E-state index in [0.717, 1.165) is 18.7 Å². The number of piperidine rings is 1. The van der Waals surface area contributed by atoms with E-state index < -0.39 is 0 Å². The standard InChI is InChI=1S/C24H33N3O/c1-20-8-6-7-15-27(20)18-23-13-11-21(12-14-23)16-25-24(28)19-26(2)17-22-9-4-3-5-10-22/h3-5,9-14,20H,6-8,15-19H2,1-2H3,(H,25,28). The second-order valence-electron chi connectivity index (χ2n) is 8.07. The number of carbonyl (C=O) groups excluding carboxylic acids is 1. The van der Waals surface area contributed by atoms with Gasteiger partial charge in [0.15, 0.2) is 0 Å². The molecule has 2 aromatic rings. The molecule has 1 N–H and O–H groups in total. The minimum Gasteiger partial charge on any atom is -0.351 e. The lowest BCUT2D eigenvalue weighted by Gasteiger charge is -2.33. The number of nitrogens with one attached hydrogen (secondary N) is 1. The van der Waals surface area contributed by atoms with Gasteiger partial charge in [-0.2, -0.15) is 0 Å². The number of amides is 1. The summed E-state index contributed by atoms with van der Waals surface area (Å²) in [5.41, 5.74) is 3.72. The second kappa shape index (κ2) is 10.4. The van der Waals surface area contributed by atoms with Crippen molar-refractivity contribution >= 4 is 5.91 Å². The molecule has 1 unspecified atom stereocenters. The quantitative estimate of drug-likeness (QED) is 0.758. The smallest absolute Gasteiger partial charge is 0.234 e. The SMILES string of the molecule is CC1CCCCN1Cc1ccc(CNC(=O)CN(C)Cc2ccccc2)cc1. The van der Waals surface area contributed by atoms with Crippen LogP contribution < -0.4 is 5.32 Å². The van der Waals surface area contributed by atoms with Gasteiger partial charge in [0, 0.05) is 25.7 Å². The van der Waals surface area contributed by atoms with Gasteiger partial charge in [-0.1, -0.05) is 61.0 Å². The monoisotopic (exact) mass is 379 g/mol. The first-order valence-electron chi connectivity index (χ1n) is 10.4. The van der Waals surface area contributed by atoms with Gasteiger partial charge in [0.1, 0.15) is 0 Å². The molecule has 4 nitrogen and oxygen atoms in total. The van der Waals surface area contributed by atoms with Gasteiger partial charge in [0.2, 0.25) is 5.91 Å². The van der Waals surface area contributed by atoms with Gasteiger partial charge in [0.25, 0.3) is 0 Å². The van der Waals surface area contributed by atoms with Crippen LogP contribution in [0.15, 0.2) is 54.6 Å². The molecule has 0 saturated carbocycles. The maximum absolute atomic E-state index is 12.2. The van der Waals surface area contributed by atoms with Crippen LogP contribution in [-0.2, 0) is 24.4 Å². The first-order valence-corrected chi connectivity index (χ1v) is 10.4. The summed E-state index contributed by atoms with van der Waals surface area (Å²) in [7, 11) is 1.98. The van der Waals surface area contributed by atoms with E-state index in [2.05, 4.69) is 53.5 Å². The van der Waals surface area contributed by atoms with Gasteiger partial charge in [-0.15, -0.1) is 0 Å². The Morgan fingerprint density at radius 2 is 1.75 bits per heavy atom. The van der Waals surface area contributed by atoms with Crippen molar-refractivity contribution in [3.63, 3.8) is 0 Å². The van der Waals surface area contributed by atoms with E-state index in [4.69, 9.17) is 0 Å². The van der Waals surface area contributed by atoms with Crippen molar-refractivity contribution in [3.8, 4) is 0 Å². The van der Waals surface area contributed by atoms with Crippen LogP contribution in [0.1, 0.15) is 42.9 Å². The van der Waals surface area contributed by atoms with Crippen molar-refractivity contribution < 1.29 is 4.79 Å². The lowest BCUT2D eigenvalue weighted by molar-refractivity contribution is -0.122. The lowest BCUT2D eigenvalue weighted by atomic mass is 10.0. The molecule has 150 valence electrons. The second-order valence-corrected chi connectivity index (χ2v) is 8.07. The molecule has 1 aliphatic heterocycles. The molecule has 1 amide bonds. The molecular formula is C24H33N3O. The first kappa shape index (κ1) is 20.6. The minimum absolute atomic E-state index is 0.0599. The Balaban J connectivity index is 1.41. The third-order valence-corrected chi connectivity index (χ3v) is 5.55. The Labute approximate surface area is 169 Å². The molecule has 4 heteroatoms. The van der Waals surface area contributed by atoms with Gasteiger partial charge in [-0.3, -0.25) is 14.6 Å². The normalized spacial score (nSPS) is 17.6. The first-order chi connectivity index (χ1) is 13.6. The van der Waals surface area contributed by atoms with E-state index in [1.54, 1.807) is 0 Å². The topological polar surface area (TPSA) is 35.6 Å².